The summed E-state index contributed by atoms with van der Waals surface area (Å²) in [7, 11) is 0. The Balaban J connectivity index is 1.74. The summed E-state index contributed by atoms with van der Waals surface area (Å²) in [6.07, 6.45) is 2.90. The summed E-state index contributed by atoms with van der Waals surface area (Å²) in [5.41, 5.74) is 1.71. The Labute approximate surface area is 121 Å². The molecule has 0 bridgehead atoms. The molecule has 1 aromatic carbocycles. The van der Waals surface area contributed by atoms with Crippen molar-refractivity contribution in [2.24, 2.45) is 0 Å². The van der Waals surface area contributed by atoms with Gasteiger partial charge in [0, 0.05) is 32.4 Å². The lowest BCUT2D eigenvalue weighted by Gasteiger charge is -2.05. The Morgan fingerprint density at radius 2 is 2.05 bits per heavy atom. The zero-order valence-electron chi connectivity index (χ0n) is 11.3. The SMILES string of the molecule is CCc1ccc(CNC(=O)c2cccc3[nH]ccc23)s1. The van der Waals surface area contributed by atoms with Crippen LogP contribution in [0.15, 0.2) is 42.6 Å². The average molecular weight is 284 g/mol. The first-order valence-corrected chi connectivity index (χ1v) is 7.51. The van der Waals surface area contributed by atoms with E-state index in [2.05, 4.69) is 29.4 Å². The lowest BCUT2D eigenvalue weighted by atomic mass is 10.1. The molecule has 0 radical (unpaired) electrons. The van der Waals surface area contributed by atoms with E-state index < -0.39 is 0 Å². The second kappa shape index (κ2) is 5.51. The molecule has 3 nitrogen and oxygen atoms in total. The highest BCUT2D eigenvalue weighted by molar-refractivity contribution is 7.11. The van der Waals surface area contributed by atoms with Crippen LogP contribution in [0, 0.1) is 0 Å². The minimum Gasteiger partial charge on any atom is -0.361 e. The van der Waals surface area contributed by atoms with Gasteiger partial charge in [0.15, 0.2) is 0 Å². The number of aromatic amines is 1. The largest absolute Gasteiger partial charge is 0.361 e. The van der Waals surface area contributed by atoms with Crippen molar-refractivity contribution in [1.29, 1.82) is 0 Å². The van der Waals surface area contributed by atoms with Gasteiger partial charge >= 0.3 is 0 Å². The number of thiophene rings is 1. The van der Waals surface area contributed by atoms with Crippen LogP contribution < -0.4 is 5.32 Å². The molecule has 4 heteroatoms. The molecule has 0 saturated heterocycles. The van der Waals surface area contributed by atoms with E-state index in [0.29, 0.717) is 6.54 Å². The van der Waals surface area contributed by atoms with Crippen LogP contribution >= 0.6 is 11.3 Å². The van der Waals surface area contributed by atoms with Gasteiger partial charge in [-0.1, -0.05) is 13.0 Å². The second-order valence-corrected chi connectivity index (χ2v) is 5.90. The Kier molecular flexibility index (Phi) is 3.56. The first kappa shape index (κ1) is 12.9. The van der Waals surface area contributed by atoms with Gasteiger partial charge in [0.1, 0.15) is 0 Å². The Morgan fingerprint density at radius 1 is 1.20 bits per heavy atom. The first-order valence-electron chi connectivity index (χ1n) is 6.70. The molecule has 0 unspecified atom stereocenters. The fourth-order valence-corrected chi connectivity index (χ4v) is 3.15. The van der Waals surface area contributed by atoms with Crippen molar-refractivity contribution in [2.75, 3.05) is 0 Å². The fourth-order valence-electron chi connectivity index (χ4n) is 2.25. The van der Waals surface area contributed by atoms with Crippen molar-refractivity contribution in [1.82, 2.24) is 10.3 Å². The summed E-state index contributed by atoms with van der Waals surface area (Å²) < 4.78 is 0. The lowest BCUT2D eigenvalue weighted by Crippen LogP contribution is -2.22. The van der Waals surface area contributed by atoms with Crippen LogP contribution in [0.4, 0.5) is 0 Å². The van der Waals surface area contributed by atoms with Gasteiger partial charge in [0.2, 0.25) is 0 Å². The van der Waals surface area contributed by atoms with E-state index in [1.54, 1.807) is 11.3 Å². The van der Waals surface area contributed by atoms with E-state index in [9.17, 15) is 4.79 Å². The third kappa shape index (κ3) is 2.47. The number of aryl methyl sites for hydroxylation is 1. The Morgan fingerprint density at radius 3 is 2.85 bits per heavy atom. The average Bonchev–Trinajstić information content (AvgIpc) is 3.12. The number of fused-ring (bicyclic) bond motifs is 1. The van der Waals surface area contributed by atoms with E-state index in [4.69, 9.17) is 0 Å². The number of amides is 1. The smallest absolute Gasteiger partial charge is 0.252 e. The topological polar surface area (TPSA) is 44.9 Å². The molecule has 0 aliphatic rings. The van der Waals surface area contributed by atoms with Crippen molar-refractivity contribution >= 4 is 28.1 Å². The number of H-pyrrole nitrogens is 1. The minimum absolute atomic E-state index is 0.0263. The van der Waals surface area contributed by atoms with Crippen LogP contribution in [0.2, 0.25) is 0 Å². The van der Waals surface area contributed by atoms with Gasteiger partial charge in [0.05, 0.1) is 6.54 Å². The molecule has 2 N–H and O–H groups in total. The summed E-state index contributed by atoms with van der Waals surface area (Å²) in [5.74, 6) is -0.0263. The maximum atomic E-state index is 12.3. The molecule has 0 atom stereocenters. The molecular formula is C16H16N2OS. The molecular weight excluding hydrogens is 268 g/mol. The van der Waals surface area contributed by atoms with E-state index in [1.807, 2.05) is 30.5 Å². The van der Waals surface area contributed by atoms with Gasteiger partial charge < -0.3 is 10.3 Å². The number of aromatic nitrogens is 1. The molecule has 0 fully saturated rings. The highest BCUT2D eigenvalue weighted by atomic mass is 32.1. The zero-order valence-corrected chi connectivity index (χ0v) is 12.1. The maximum Gasteiger partial charge on any atom is 0.252 e. The summed E-state index contributed by atoms with van der Waals surface area (Å²) >= 11 is 1.75. The van der Waals surface area contributed by atoms with Gasteiger partial charge in [-0.15, -0.1) is 11.3 Å². The van der Waals surface area contributed by atoms with Crippen molar-refractivity contribution in [3.8, 4) is 0 Å². The van der Waals surface area contributed by atoms with Crippen LogP contribution in [-0.4, -0.2) is 10.9 Å². The Bertz CT molecular complexity index is 742. The summed E-state index contributed by atoms with van der Waals surface area (Å²) in [6, 6.07) is 11.9. The van der Waals surface area contributed by atoms with Gasteiger partial charge in [-0.05, 0) is 36.8 Å². The normalized spacial score (nSPS) is 10.8. The van der Waals surface area contributed by atoms with Crippen LogP contribution in [0.25, 0.3) is 10.9 Å². The Hall–Kier alpha value is -2.07. The number of rotatable bonds is 4. The molecule has 0 spiro atoms. The van der Waals surface area contributed by atoms with Crippen LogP contribution in [0.5, 0.6) is 0 Å². The fraction of sp³-hybridized carbons (Fsp3) is 0.188. The molecule has 0 aliphatic carbocycles. The standard InChI is InChI=1S/C16H16N2OS/c1-2-11-6-7-12(20-11)10-18-16(19)14-4-3-5-15-13(14)8-9-17-15/h3-9,17H,2,10H2,1H3,(H,18,19). The van der Waals surface area contributed by atoms with Gasteiger partial charge in [-0.25, -0.2) is 0 Å². The summed E-state index contributed by atoms with van der Waals surface area (Å²) in [4.78, 5) is 17.9. The van der Waals surface area contributed by atoms with Crippen LogP contribution in [-0.2, 0) is 13.0 Å². The molecule has 20 heavy (non-hydrogen) atoms. The van der Waals surface area contributed by atoms with Gasteiger partial charge in [-0.3, -0.25) is 4.79 Å². The summed E-state index contributed by atoms with van der Waals surface area (Å²) in [6.45, 7) is 2.73. The molecule has 3 rings (SSSR count). The number of hydrogen-bond acceptors (Lipinski definition) is 2. The highest BCUT2D eigenvalue weighted by Crippen LogP contribution is 2.19. The molecule has 102 valence electrons. The summed E-state index contributed by atoms with van der Waals surface area (Å²) in [5, 5.41) is 3.96. The third-order valence-corrected chi connectivity index (χ3v) is 4.56. The highest BCUT2D eigenvalue weighted by Gasteiger charge is 2.10. The monoisotopic (exact) mass is 284 g/mol. The predicted octanol–water partition coefficient (Wildman–Crippen LogP) is 3.72. The van der Waals surface area contributed by atoms with Crippen molar-refractivity contribution in [2.45, 2.75) is 19.9 Å². The molecule has 1 amide bonds. The van der Waals surface area contributed by atoms with E-state index in [0.717, 1.165) is 22.9 Å². The minimum atomic E-state index is -0.0263. The molecule has 0 aliphatic heterocycles. The van der Waals surface area contributed by atoms with Crippen LogP contribution in [0.3, 0.4) is 0 Å². The quantitative estimate of drug-likeness (QED) is 0.753. The maximum absolute atomic E-state index is 12.3. The number of carbonyl (C=O) groups is 1. The zero-order chi connectivity index (χ0) is 13.9. The van der Waals surface area contributed by atoms with E-state index in [-0.39, 0.29) is 5.91 Å². The van der Waals surface area contributed by atoms with Gasteiger partial charge in [0.25, 0.3) is 5.91 Å². The van der Waals surface area contributed by atoms with Crippen molar-refractivity contribution in [3.63, 3.8) is 0 Å². The third-order valence-electron chi connectivity index (χ3n) is 3.33. The van der Waals surface area contributed by atoms with E-state index in [1.165, 1.54) is 9.75 Å². The predicted molar refractivity (Wildman–Crippen MR) is 83.2 cm³/mol. The molecule has 2 aromatic heterocycles. The number of nitrogens with one attached hydrogen (secondary N) is 2. The second-order valence-electron chi connectivity index (χ2n) is 4.65. The van der Waals surface area contributed by atoms with Gasteiger partial charge in [-0.2, -0.15) is 0 Å². The number of benzene rings is 1. The van der Waals surface area contributed by atoms with Crippen molar-refractivity contribution < 1.29 is 4.79 Å². The molecule has 0 saturated carbocycles. The number of carbonyl (C=O) groups excluding carboxylic acids is 1. The molecule has 2 heterocycles. The van der Waals surface area contributed by atoms with Crippen LogP contribution in [0.1, 0.15) is 27.0 Å². The number of hydrogen-bond donors (Lipinski definition) is 2. The van der Waals surface area contributed by atoms with Crippen molar-refractivity contribution in [3.05, 3.63) is 57.9 Å². The first-order chi connectivity index (χ1) is 9.78. The van der Waals surface area contributed by atoms with E-state index >= 15 is 0 Å². The lowest BCUT2D eigenvalue weighted by molar-refractivity contribution is 0.0953. The molecule has 3 aromatic rings.